The van der Waals surface area contributed by atoms with Crippen molar-refractivity contribution in [2.45, 2.75) is 96.9 Å². The Morgan fingerprint density at radius 2 is 1.94 bits per heavy atom. The SMILES string of the molecule is CC(=O)N[C@@H](CCN1[C@@H]2CC[C@H]1C[C@@H](n1c(C)nc3c1CCN(C(=O)C(C)C)C3)C2)c1nccs1. The lowest BCUT2D eigenvalue weighted by atomic mass is 9.95. The van der Waals surface area contributed by atoms with E-state index in [0.29, 0.717) is 24.7 Å². The molecule has 5 rings (SSSR count). The Balaban J connectivity index is 1.26. The van der Waals surface area contributed by atoms with E-state index < -0.39 is 0 Å². The van der Waals surface area contributed by atoms with Crippen molar-refractivity contribution in [1.29, 1.82) is 0 Å². The van der Waals surface area contributed by atoms with Gasteiger partial charge in [-0.2, -0.15) is 0 Å². The zero-order valence-corrected chi connectivity index (χ0v) is 22.2. The van der Waals surface area contributed by atoms with Gasteiger partial charge in [0.1, 0.15) is 10.8 Å². The van der Waals surface area contributed by atoms with Gasteiger partial charge < -0.3 is 14.8 Å². The highest BCUT2D eigenvalue weighted by atomic mass is 32.1. The predicted octanol–water partition coefficient (Wildman–Crippen LogP) is 3.62. The molecule has 5 heterocycles. The van der Waals surface area contributed by atoms with Crippen LogP contribution >= 0.6 is 11.3 Å². The summed E-state index contributed by atoms with van der Waals surface area (Å²) in [5, 5.41) is 6.08. The normalized spacial score (nSPS) is 25.1. The van der Waals surface area contributed by atoms with Crippen LogP contribution < -0.4 is 5.32 Å². The van der Waals surface area contributed by atoms with E-state index in [0.717, 1.165) is 55.3 Å². The third-order valence-corrected chi connectivity index (χ3v) is 8.95. The zero-order chi connectivity index (χ0) is 24.7. The van der Waals surface area contributed by atoms with Gasteiger partial charge in [0.05, 0.1) is 18.3 Å². The summed E-state index contributed by atoms with van der Waals surface area (Å²) in [4.78, 5) is 38.4. The van der Waals surface area contributed by atoms with Gasteiger partial charge in [-0.3, -0.25) is 14.5 Å². The minimum atomic E-state index is -0.0102. The lowest BCUT2D eigenvalue weighted by Crippen LogP contribution is -2.45. The van der Waals surface area contributed by atoms with E-state index in [-0.39, 0.29) is 23.8 Å². The summed E-state index contributed by atoms with van der Waals surface area (Å²) in [5.74, 6) is 1.35. The Labute approximate surface area is 212 Å². The molecule has 0 aliphatic carbocycles. The van der Waals surface area contributed by atoms with E-state index in [1.807, 2.05) is 30.3 Å². The summed E-state index contributed by atoms with van der Waals surface area (Å²) in [6, 6.07) is 1.63. The lowest BCUT2D eigenvalue weighted by Gasteiger charge is -2.41. The van der Waals surface area contributed by atoms with E-state index in [1.54, 1.807) is 18.3 Å². The van der Waals surface area contributed by atoms with Crippen LogP contribution in [0, 0.1) is 12.8 Å². The highest BCUT2D eigenvalue weighted by Crippen LogP contribution is 2.43. The smallest absolute Gasteiger partial charge is 0.225 e. The summed E-state index contributed by atoms with van der Waals surface area (Å²) in [6.45, 7) is 10.1. The molecule has 8 nitrogen and oxygen atoms in total. The van der Waals surface area contributed by atoms with Gasteiger partial charge in [0.25, 0.3) is 0 Å². The van der Waals surface area contributed by atoms with Crippen LogP contribution in [-0.2, 0) is 22.6 Å². The molecule has 0 saturated carbocycles. The van der Waals surface area contributed by atoms with Crippen LogP contribution in [0.5, 0.6) is 0 Å². The number of thiazole rings is 1. The topological polar surface area (TPSA) is 83.4 Å². The van der Waals surface area contributed by atoms with Gasteiger partial charge >= 0.3 is 0 Å². The summed E-state index contributed by atoms with van der Waals surface area (Å²) in [5.41, 5.74) is 2.45. The van der Waals surface area contributed by atoms with Gasteiger partial charge in [-0.25, -0.2) is 9.97 Å². The third-order valence-electron chi connectivity index (χ3n) is 8.06. The number of hydrogen-bond acceptors (Lipinski definition) is 6. The van der Waals surface area contributed by atoms with Gasteiger partial charge in [0.15, 0.2) is 0 Å². The fourth-order valence-electron chi connectivity index (χ4n) is 6.59. The maximum Gasteiger partial charge on any atom is 0.225 e. The average molecular weight is 499 g/mol. The molecule has 190 valence electrons. The molecule has 0 unspecified atom stereocenters. The number of piperidine rings is 1. The molecule has 2 bridgehead atoms. The number of nitrogens with zero attached hydrogens (tertiary/aromatic N) is 5. The maximum atomic E-state index is 12.5. The fraction of sp³-hybridized carbons (Fsp3) is 0.692. The van der Waals surface area contributed by atoms with Crippen LogP contribution in [0.1, 0.15) is 87.2 Å². The highest BCUT2D eigenvalue weighted by molar-refractivity contribution is 7.09. The Kier molecular flexibility index (Phi) is 6.99. The van der Waals surface area contributed by atoms with Crippen molar-refractivity contribution in [3.8, 4) is 0 Å². The van der Waals surface area contributed by atoms with E-state index in [4.69, 9.17) is 4.98 Å². The summed E-state index contributed by atoms with van der Waals surface area (Å²) < 4.78 is 2.52. The number of rotatable bonds is 7. The van der Waals surface area contributed by atoms with Crippen molar-refractivity contribution in [2.24, 2.45) is 5.92 Å². The molecule has 2 aromatic rings. The summed E-state index contributed by atoms with van der Waals surface area (Å²) in [6.07, 6.45) is 8.40. The van der Waals surface area contributed by atoms with Gasteiger partial charge in [0.2, 0.25) is 11.8 Å². The Morgan fingerprint density at radius 3 is 2.57 bits per heavy atom. The molecule has 4 atom stereocenters. The van der Waals surface area contributed by atoms with Crippen molar-refractivity contribution in [3.05, 3.63) is 33.8 Å². The van der Waals surface area contributed by atoms with Crippen molar-refractivity contribution in [2.75, 3.05) is 13.1 Å². The number of nitrogens with one attached hydrogen (secondary N) is 1. The second-order valence-electron chi connectivity index (χ2n) is 10.7. The first-order valence-electron chi connectivity index (χ1n) is 13.1. The van der Waals surface area contributed by atoms with Crippen molar-refractivity contribution in [1.82, 2.24) is 29.7 Å². The molecule has 0 radical (unpaired) electrons. The molecule has 0 aromatic carbocycles. The summed E-state index contributed by atoms with van der Waals surface area (Å²) >= 11 is 1.61. The predicted molar refractivity (Wildman–Crippen MR) is 136 cm³/mol. The number of aryl methyl sites for hydroxylation is 1. The van der Waals surface area contributed by atoms with Gasteiger partial charge in [-0.1, -0.05) is 13.8 Å². The molecule has 2 saturated heterocycles. The van der Waals surface area contributed by atoms with Gasteiger partial charge in [-0.05, 0) is 39.0 Å². The standard InChI is InChI=1S/C26H38N6O2S/c1-16(2)26(34)30-10-8-24-23(15-30)28-17(3)32(24)21-13-19-5-6-20(14-21)31(19)11-7-22(29-18(4)33)25-27-9-12-35-25/h9,12,16,19-22H,5-8,10-11,13-15H2,1-4H3,(H,29,33)/t19-,20+,21+,22-/m0/s1. The number of fused-ring (bicyclic) bond motifs is 3. The Bertz CT molecular complexity index is 1050. The van der Waals surface area contributed by atoms with E-state index >= 15 is 0 Å². The monoisotopic (exact) mass is 498 g/mol. The van der Waals surface area contributed by atoms with E-state index in [1.165, 1.54) is 18.5 Å². The second-order valence-corrected chi connectivity index (χ2v) is 11.7. The van der Waals surface area contributed by atoms with Crippen LogP contribution in [0.3, 0.4) is 0 Å². The molecular weight excluding hydrogens is 460 g/mol. The van der Waals surface area contributed by atoms with Gasteiger partial charge in [0, 0.05) is 67.7 Å². The number of hydrogen-bond donors (Lipinski definition) is 1. The third kappa shape index (κ3) is 4.89. The van der Waals surface area contributed by atoms with Crippen molar-refractivity contribution in [3.63, 3.8) is 0 Å². The van der Waals surface area contributed by atoms with Crippen molar-refractivity contribution >= 4 is 23.2 Å². The highest BCUT2D eigenvalue weighted by Gasteiger charge is 2.42. The number of imidazole rings is 1. The number of carbonyl (C=O) groups excluding carboxylic acids is 2. The van der Waals surface area contributed by atoms with Crippen LogP contribution in [-0.4, -0.2) is 61.3 Å². The molecule has 2 fully saturated rings. The van der Waals surface area contributed by atoms with Crippen LogP contribution in [0.4, 0.5) is 0 Å². The van der Waals surface area contributed by atoms with Crippen LogP contribution in [0.2, 0.25) is 0 Å². The van der Waals surface area contributed by atoms with E-state index in [9.17, 15) is 9.59 Å². The molecule has 0 spiro atoms. The largest absolute Gasteiger partial charge is 0.347 e. The molecule has 3 aliphatic heterocycles. The summed E-state index contributed by atoms with van der Waals surface area (Å²) in [7, 11) is 0. The van der Waals surface area contributed by atoms with Crippen LogP contribution in [0.15, 0.2) is 11.6 Å². The minimum Gasteiger partial charge on any atom is -0.347 e. The first-order valence-corrected chi connectivity index (χ1v) is 14.0. The maximum absolute atomic E-state index is 12.5. The molecule has 2 aromatic heterocycles. The molecule has 1 N–H and O–H groups in total. The molecule has 3 aliphatic rings. The first-order chi connectivity index (χ1) is 16.8. The number of carbonyl (C=O) groups is 2. The molecule has 35 heavy (non-hydrogen) atoms. The molecule has 9 heteroatoms. The Hall–Kier alpha value is -2.26. The minimum absolute atomic E-state index is 0.000830. The Morgan fingerprint density at radius 1 is 1.20 bits per heavy atom. The second kappa shape index (κ2) is 10.0. The van der Waals surface area contributed by atoms with E-state index in [2.05, 4.69) is 26.7 Å². The van der Waals surface area contributed by atoms with Gasteiger partial charge in [-0.15, -0.1) is 11.3 Å². The zero-order valence-electron chi connectivity index (χ0n) is 21.4. The fourth-order valence-corrected chi connectivity index (χ4v) is 7.31. The van der Waals surface area contributed by atoms with Crippen molar-refractivity contribution < 1.29 is 9.59 Å². The molecule has 2 amide bonds. The average Bonchev–Trinajstić information content (AvgIpc) is 3.51. The first kappa shape index (κ1) is 24.4. The quantitative estimate of drug-likeness (QED) is 0.630. The number of amides is 2. The number of aromatic nitrogens is 3. The molecular formula is C26H38N6O2S. The lowest BCUT2D eigenvalue weighted by molar-refractivity contribution is -0.135. The van der Waals surface area contributed by atoms with Crippen LogP contribution in [0.25, 0.3) is 0 Å².